The third-order valence-electron chi connectivity index (χ3n) is 3.53. The van der Waals surface area contributed by atoms with Crippen molar-refractivity contribution >= 4 is 0 Å². The van der Waals surface area contributed by atoms with Gasteiger partial charge in [0.15, 0.2) is 0 Å². The maximum absolute atomic E-state index is 12.6. The second-order valence-corrected chi connectivity index (χ2v) is 5.00. The Kier molecular flexibility index (Phi) is 7.56. The third-order valence-corrected chi connectivity index (χ3v) is 3.53. The molecule has 1 aromatic carbocycles. The first kappa shape index (κ1) is 19.8. The molecule has 2 rings (SSSR count). The molecule has 0 aromatic heterocycles. The first-order chi connectivity index (χ1) is 11.5. The number of para-hydroxylation sites is 1. The van der Waals surface area contributed by atoms with E-state index >= 15 is 0 Å². The molecule has 0 saturated carbocycles. The van der Waals surface area contributed by atoms with Crippen molar-refractivity contribution in [2.75, 3.05) is 0 Å². The summed E-state index contributed by atoms with van der Waals surface area (Å²) in [6, 6.07) is 7.63. The summed E-state index contributed by atoms with van der Waals surface area (Å²) in [7, 11) is 0. The van der Waals surface area contributed by atoms with E-state index in [0.29, 0.717) is 6.42 Å². The Morgan fingerprint density at radius 3 is 2.46 bits per heavy atom. The monoisotopic (exact) mass is 336 g/mol. The van der Waals surface area contributed by atoms with E-state index in [1.807, 2.05) is 38.1 Å². The van der Waals surface area contributed by atoms with Crippen LogP contribution in [0.3, 0.4) is 0 Å². The van der Waals surface area contributed by atoms with Crippen LogP contribution < -0.4 is 4.74 Å². The van der Waals surface area contributed by atoms with E-state index < -0.39 is 11.7 Å². The van der Waals surface area contributed by atoms with Crippen LogP contribution in [0.4, 0.5) is 13.2 Å². The van der Waals surface area contributed by atoms with Gasteiger partial charge in [-0.2, -0.15) is 13.2 Å². The number of benzene rings is 1. The van der Waals surface area contributed by atoms with E-state index in [2.05, 4.69) is 13.2 Å². The van der Waals surface area contributed by atoms with Crippen LogP contribution in [0.25, 0.3) is 0 Å². The van der Waals surface area contributed by atoms with Gasteiger partial charge in [0.05, 0.1) is 5.57 Å². The molecule has 0 aliphatic carbocycles. The van der Waals surface area contributed by atoms with Crippen molar-refractivity contribution in [3.05, 3.63) is 78.9 Å². The Morgan fingerprint density at radius 1 is 1.21 bits per heavy atom. The maximum atomic E-state index is 12.6. The van der Waals surface area contributed by atoms with Crippen molar-refractivity contribution in [2.24, 2.45) is 5.92 Å². The number of hydrogen-bond acceptors (Lipinski definition) is 1. The summed E-state index contributed by atoms with van der Waals surface area (Å²) in [5.74, 6) is 0.748. The van der Waals surface area contributed by atoms with E-state index in [9.17, 15) is 13.2 Å². The summed E-state index contributed by atoms with van der Waals surface area (Å²) in [4.78, 5) is 0. The number of allylic oxidation sites excluding steroid dienone is 4. The lowest BCUT2D eigenvalue weighted by Crippen LogP contribution is -2.29. The van der Waals surface area contributed by atoms with Crippen LogP contribution in [0.1, 0.15) is 19.4 Å². The first-order valence-electron chi connectivity index (χ1n) is 7.91. The average Bonchev–Trinajstić information content (AvgIpc) is 2.58. The fourth-order valence-electron chi connectivity index (χ4n) is 2.37. The zero-order valence-corrected chi connectivity index (χ0v) is 14.0. The molecular formula is C20H23F3O. The summed E-state index contributed by atoms with van der Waals surface area (Å²) in [5, 5.41) is 0. The zero-order valence-electron chi connectivity index (χ0n) is 14.0. The summed E-state index contributed by atoms with van der Waals surface area (Å²) >= 11 is 0. The van der Waals surface area contributed by atoms with Crippen molar-refractivity contribution in [2.45, 2.75) is 32.5 Å². The first-order valence-corrected chi connectivity index (χ1v) is 7.91. The van der Waals surface area contributed by atoms with Crippen LogP contribution in [0.5, 0.6) is 5.75 Å². The second-order valence-electron chi connectivity index (χ2n) is 5.00. The molecule has 0 bridgehead atoms. The molecule has 0 N–H and O–H groups in total. The number of ether oxygens (including phenoxy) is 1. The van der Waals surface area contributed by atoms with Crippen molar-refractivity contribution in [3.8, 4) is 5.75 Å². The molecule has 0 radical (unpaired) electrons. The van der Waals surface area contributed by atoms with Gasteiger partial charge in [0.25, 0.3) is 0 Å². The topological polar surface area (TPSA) is 9.23 Å². The molecule has 2 unspecified atom stereocenters. The van der Waals surface area contributed by atoms with Crippen LogP contribution in [0.15, 0.2) is 73.4 Å². The van der Waals surface area contributed by atoms with Crippen LogP contribution in [0, 0.1) is 5.92 Å². The minimum absolute atomic E-state index is 0.0528. The summed E-state index contributed by atoms with van der Waals surface area (Å²) < 4.78 is 43.6. The van der Waals surface area contributed by atoms with Crippen molar-refractivity contribution < 1.29 is 17.9 Å². The molecule has 0 amide bonds. The van der Waals surface area contributed by atoms with Gasteiger partial charge in [-0.25, -0.2) is 0 Å². The maximum Gasteiger partial charge on any atom is 0.416 e. The predicted octanol–water partition coefficient (Wildman–Crippen LogP) is 6.05. The van der Waals surface area contributed by atoms with Crippen molar-refractivity contribution in [3.63, 3.8) is 0 Å². The highest BCUT2D eigenvalue weighted by molar-refractivity contribution is 5.37. The van der Waals surface area contributed by atoms with Gasteiger partial charge in [-0.3, -0.25) is 0 Å². The molecule has 1 aliphatic rings. The minimum Gasteiger partial charge on any atom is -0.485 e. The molecule has 1 aliphatic heterocycles. The Balaban J connectivity index is 0.00000139. The molecule has 1 nitrogen and oxygen atoms in total. The highest BCUT2D eigenvalue weighted by atomic mass is 19.4. The van der Waals surface area contributed by atoms with E-state index in [4.69, 9.17) is 4.74 Å². The summed E-state index contributed by atoms with van der Waals surface area (Å²) in [6.45, 7) is 10.9. The molecule has 2 atom stereocenters. The molecule has 4 heteroatoms. The molecule has 1 heterocycles. The van der Waals surface area contributed by atoms with Gasteiger partial charge in [0.1, 0.15) is 11.9 Å². The fraction of sp³-hybridized carbons (Fsp3) is 0.300. The van der Waals surface area contributed by atoms with Crippen LogP contribution in [-0.4, -0.2) is 12.3 Å². The van der Waals surface area contributed by atoms with Gasteiger partial charge in [-0.15, -0.1) is 0 Å². The predicted molar refractivity (Wildman–Crippen MR) is 93.1 cm³/mol. The van der Waals surface area contributed by atoms with Crippen LogP contribution >= 0.6 is 0 Å². The van der Waals surface area contributed by atoms with Gasteiger partial charge in [0, 0.05) is 5.92 Å². The van der Waals surface area contributed by atoms with Gasteiger partial charge in [-0.05, 0) is 18.1 Å². The smallest absolute Gasteiger partial charge is 0.416 e. The molecule has 1 aromatic rings. The van der Waals surface area contributed by atoms with Crippen LogP contribution in [-0.2, 0) is 6.42 Å². The Labute approximate surface area is 141 Å². The normalized spacial score (nSPS) is 20.5. The second kappa shape index (κ2) is 9.16. The van der Waals surface area contributed by atoms with E-state index in [1.54, 1.807) is 12.2 Å². The summed E-state index contributed by atoms with van der Waals surface area (Å²) in [6.07, 6.45) is 2.69. The molecule has 24 heavy (non-hydrogen) atoms. The average molecular weight is 336 g/mol. The van der Waals surface area contributed by atoms with E-state index in [-0.39, 0.29) is 12.0 Å². The van der Waals surface area contributed by atoms with E-state index in [1.165, 1.54) is 6.08 Å². The van der Waals surface area contributed by atoms with Crippen LogP contribution in [0.2, 0.25) is 0 Å². The molecule has 130 valence electrons. The number of fused-ring (bicyclic) bond motifs is 1. The van der Waals surface area contributed by atoms with Gasteiger partial charge in [-0.1, -0.05) is 75.6 Å². The number of halogens is 3. The number of alkyl halides is 3. The standard InChI is InChI=1S/C18H17F3O.C2H6/c1-3-15(18(19,20)21)10-7-9-13-12-14-8-5-6-11-17(14)22-16(13)4-2;1-2/h3-11,13,16H,1-2,12H2;1-2H3/b9-7+,15-10+;. The lowest BCUT2D eigenvalue weighted by molar-refractivity contribution is -0.0881. The van der Waals surface area contributed by atoms with Crippen molar-refractivity contribution in [1.29, 1.82) is 0 Å². The highest BCUT2D eigenvalue weighted by Crippen LogP contribution is 2.32. The largest absolute Gasteiger partial charge is 0.485 e. The minimum atomic E-state index is -4.39. The Hall–Kier alpha value is -2.23. The third kappa shape index (κ3) is 5.15. The Morgan fingerprint density at radius 2 is 1.88 bits per heavy atom. The molecule has 0 spiro atoms. The van der Waals surface area contributed by atoms with E-state index in [0.717, 1.165) is 23.5 Å². The lowest BCUT2D eigenvalue weighted by Gasteiger charge is -2.30. The lowest BCUT2D eigenvalue weighted by atomic mass is 9.90. The zero-order chi connectivity index (χ0) is 18.2. The Bertz CT molecular complexity index is 612. The van der Waals surface area contributed by atoms with Crippen molar-refractivity contribution in [1.82, 2.24) is 0 Å². The number of hydrogen-bond donors (Lipinski definition) is 0. The fourth-order valence-corrected chi connectivity index (χ4v) is 2.37. The summed E-state index contributed by atoms with van der Waals surface area (Å²) in [5.41, 5.74) is 0.273. The SMILES string of the molecule is C=C/C(=C\C=C\C1Cc2ccccc2OC1C=C)C(F)(F)F.CC. The quantitative estimate of drug-likeness (QED) is 0.480. The number of rotatable bonds is 4. The molecule has 0 fully saturated rings. The van der Waals surface area contributed by atoms with Gasteiger partial charge in [0.2, 0.25) is 0 Å². The molecular weight excluding hydrogens is 313 g/mol. The van der Waals surface area contributed by atoms with Gasteiger partial charge < -0.3 is 4.74 Å². The highest BCUT2D eigenvalue weighted by Gasteiger charge is 2.31. The van der Waals surface area contributed by atoms with Gasteiger partial charge >= 0.3 is 6.18 Å². The molecule has 0 saturated heterocycles.